The van der Waals surface area contributed by atoms with E-state index in [-0.39, 0.29) is 17.9 Å². The molecule has 0 aliphatic rings. The molecular weight excluding hydrogens is 250 g/mol. The number of aliphatic hydroxyl groups is 1. The predicted octanol–water partition coefficient (Wildman–Crippen LogP) is 2.67. The van der Waals surface area contributed by atoms with Gasteiger partial charge in [0.2, 0.25) is 0 Å². The van der Waals surface area contributed by atoms with Crippen molar-refractivity contribution in [3.63, 3.8) is 0 Å². The van der Waals surface area contributed by atoms with Crippen molar-refractivity contribution in [2.75, 3.05) is 6.61 Å². The Morgan fingerprint density at radius 2 is 1.80 bits per heavy atom. The van der Waals surface area contributed by atoms with E-state index in [1.807, 2.05) is 24.3 Å². The summed E-state index contributed by atoms with van der Waals surface area (Å²) in [4.78, 5) is 0. The predicted molar refractivity (Wildman–Crippen MR) is 78.1 cm³/mol. The average Bonchev–Trinajstić information content (AvgIpc) is 2.48. The van der Waals surface area contributed by atoms with Crippen molar-refractivity contribution in [1.82, 2.24) is 0 Å². The van der Waals surface area contributed by atoms with Crippen molar-refractivity contribution >= 4 is 5.70 Å². The molecule has 0 radical (unpaired) electrons. The minimum atomic E-state index is -0.0711. The standard InChI is InChI=1S/C16H19N3O/c1-2-3-12(8-9-20)13-4-6-14(7-5-13)16(19)15(10-17)11-18/h4-7,12,20H,2-3,8-9,19H2,1H3. The van der Waals surface area contributed by atoms with Crippen LogP contribution in [0.2, 0.25) is 0 Å². The molecule has 1 aromatic carbocycles. The molecule has 0 spiro atoms. The summed E-state index contributed by atoms with van der Waals surface area (Å²) in [5, 5.41) is 26.7. The van der Waals surface area contributed by atoms with Gasteiger partial charge >= 0.3 is 0 Å². The van der Waals surface area contributed by atoms with Crippen LogP contribution in [0.1, 0.15) is 43.2 Å². The van der Waals surface area contributed by atoms with Crippen LogP contribution >= 0.6 is 0 Å². The molecule has 4 heteroatoms. The van der Waals surface area contributed by atoms with Gasteiger partial charge in [-0.1, -0.05) is 37.6 Å². The first-order valence-corrected chi connectivity index (χ1v) is 6.69. The number of allylic oxidation sites excluding steroid dienone is 1. The lowest BCUT2D eigenvalue weighted by atomic mass is 9.91. The third-order valence-corrected chi connectivity index (χ3v) is 3.30. The van der Waals surface area contributed by atoms with Gasteiger partial charge in [0.05, 0.1) is 5.70 Å². The van der Waals surface area contributed by atoms with E-state index in [1.165, 1.54) is 0 Å². The molecule has 0 amide bonds. The summed E-state index contributed by atoms with van der Waals surface area (Å²) < 4.78 is 0. The third kappa shape index (κ3) is 3.85. The molecule has 0 heterocycles. The minimum absolute atomic E-state index is 0.0711. The summed E-state index contributed by atoms with van der Waals surface area (Å²) in [5.41, 5.74) is 7.75. The van der Waals surface area contributed by atoms with Gasteiger partial charge in [-0.15, -0.1) is 0 Å². The number of aliphatic hydroxyl groups excluding tert-OH is 1. The molecule has 0 aliphatic heterocycles. The molecule has 0 aliphatic carbocycles. The molecule has 1 aromatic rings. The van der Waals surface area contributed by atoms with Gasteiger partial charge in [0, 0.05) is 6.61 Å². The Bertz CT molecular complexity index is 525. The largest absolute Gasteiger partial charge is 0.397 e. The van der Waals surface area contributed by atoms with Crippen LogP contribution < -0.4 is 5.73 Å². The lowest BCUT2D eigenvalue weighted by molar-refractivity contribution is 0.272. The number of benzene rings is 1. The Balaban J connectivity index is 3.02. The fourth-order valence-corrected chi connectivity index (χ4v) is 2.21. The number of hydrogen-bond donors (Lipinski definition) is 2. The first-order valence-electron chi connectivity index (χ1n) is 6.69. The van der Waals surface area contributed by atoms with Crippen LogP contribution in [0.5, 0.6) is 0 Å². The second-order valence-corrected chi connectivity index (χ2v) is 4.63. The van der Waals surface area contributed by atoms with Crippen LogP contribution in [0.15, 0.2) is 29.8 Å². The topological polar surface area (TPSA) is 93.8 Å². The van der Waals surface area contributed by atoms with Gasteiger partial charge in [-0.3, -0.25) is 0 Å². The number of rotatable bonds is 6. The maximum Gasteiger partial charge on any atom is 0.153 e. The molecule has 0 bridgehead atoms. The second-order valence-electron chi connectivity index (χ2n) is 4.63. The van der Waals surface area contributed by atoms with E-state index in [1.54, 1.807) is 12.1 Å². The third-order valence-electron chi connectivity index (χ3n) is 3.30. The number of nitrogens with zero attached hydrogens (tertiary/aromatic N) is 2. The Labute approximate surface area is 119 Å². The summed E-state index contributed by atoms with van der Waals surface area (Å²) in [6, 6.07) is 11.1. The number of nitrogens with two attached hydrogens (primary N) is 1. The van der Waals surface area contributed by atoms with Gasteiger partial charge < -0.3 is 10.8 Å². The molecule has 0 fully saturated rings. The highest BCUT2D eigenvalue weighted by Gasteiger charge is 2.11. The Kier molecular flexibility index (Phi) is 6.29. The minimum Gasteiger partial charge on any atom is -0.397 e. The van der Waals surface area contributed by atoms with Crippen molar-refractivity contribution in [1.29, 1.82) is 10.5 Å². The van der Waals surface area contributed by atoms with Crippen molar-refractivity contribution in [3.8, 4) is 12.1 Å². The van der Waals surface area contributed by atoms with E-state index in [0.29, 0.717) is 11.5 Å². The molecule has 0 saturated heterocycles. The van der Waals surface area contributed by atoms with Gasteiger partial charge in [-0.2, -0.15) is 10.5 Å². The maximum atomic E-state index is 9.10. The summed E-state index contributed by atoms with van der Waals surface area (Å²) in [5.74, 6) is 0.329. The Morgan fingerprint density at radius 1 is 1.20 bits per heavy atom. The van der Waals surface area contributed by atoms with Gasteiger partial charge in [-0.05, 0) is 29.9 Å². The van der Waals surface area contributed by atoms with Crippen LogP contribution in [0.25, 0.3) is 5.70 Å². The Hall–Kier alpha value is -2.30. The highest BCUT2D eigenvalue weighted by molar-refractivity contribution is 5.72. The molecule has 3 N–H and O–H groups in total. The lowest BCUT2D eigenvalue weighted by Gasteiger charge is -2.15. The highest BCUT2D eigenvalue weighted by Crippen LogP contribution is 2.26. The van der Waals surface area contributed by atoms with Crippen LogP contribution in [0, 0.1) is 22.7 Å². The molecule has 4 nitrogen and oxygen atoms in total. The zero-order valence-electron chi connectivity index (χ0n) is 11.6. The number of nitriles is 2. The van der Waals surface area contributed by atoms with Gasteiger partial charge in [0.25, 0.3) is 0 Å². The second kappa shape index (κ2) is 7.99. The normalized spacial score (nSPS) is 11.2. The van der Waals surface area contributed by atoms with Crippen LogP contribution in [-0.2, 0) is 0 Å². The van der Waals surface area contributed by atoms with Gasteiger partial charge in [0.15, 0.2) is 5.57 Å². The van der Waals surface area contributed by atoms with Crippen molar-refractivity contribution in [2.24, 2.45) is 5.73 Å². The first-order chi connectivity index (χ1) is 9.67. The molecule has 1 rings (SSSR count). The molecule has 0 aromatic heterocycles. The fraction of sp³-hybridized carbons (Fsp3) is 0.375. The van der Waals surface area contributed by atoms with E-state index in [4.69, 9.17) is 21.4 Å². The summed E-state index contributed by atoms with van der Waals surface area (Å²) in [6.07, 6.45) is 2.81. The van der Waals surface area contributed by atoms with Crippen molar-refractivity contribution in [3.05, 3.63) is 41.0 Å². The van der Waals surface area contributed by atoms with Crippen LogP contribution in [-0.4, -0.2) is 11.7 Å². The van der Waals surface area contributed by atoms with Crippen molar-refractivity contribution in [2.45, 2.75) is 32.1 Å². The summed E-state index contributed by atoms with van der Waals surface area (Å²) >= 11 is 0. The van der Waals surface area contributed by atoms with Crippen LogP contribution in [0.4, 0.5) is 0 Å². The van der Waals surface area contributed by atoms with Crippen molar-refractivity contribution < 1.29 is 5.11 Å². The number of hydrogen-bond acceptors (Lipinski definition) is 4. The van der Waals surface area contributed by atoms with Crippen LogP contribution in [0.3, 0.4) is 0 Å². The quantitative estimate of drug-likeness (QED) is 0.776. The molecular formula is C16H19N3O. The fourth-order valence-electron chi connectivity index (χ4n) is 2.21. The molecule has 1 unspecified atom stereocenters. The SMILES string of the molecule is CCCC(CCO)c1ccc(C(N)=C(C#N)C#N)cc1. The van der Waals surface area contributed by atoms with E-state index >= 15 is 0 Å². The molecule has 104 valence electrons. The summed E-state index contributed by atoms with van der Waals surface area (Å²) in [7, 11) is 0. The van der Waals surface area contributed by atoms with E-state index in [0.717, 1.165) is 24.8 Å². The summed E-state index contributed by atoms with van der Waals surface area (Å²) in [6.45, 7) is 2.28. The monoisotopic (exact) mass is 269 g/mol. The zero-order valence-corrected chi connectivity index (χ0v) is 11.6. The zero-order chi connectivity index (χ0) is 15.0. The maximum absolute atomic E-state index is 9.10. The van der Waals surface area contributed by atoms with Gasteiger partial charge in [-0.25, -0.2) is 0 Å². The smallest absolute Gasteiger partial charge is 0.153 e. The molecule has 1 atom stereocenters. The first kappa shape index (κ1) is 15.8. The van der Waals surface area contributed by atoms with E-state index < -0.39 is 0 Å². The van der Waals surface area contributed by atoms with E-state index in [9.17, 15) is 0 Å². The van der Waals surface area contributed by atoms with E-state index in [2.05, 4.69) is 6.92 Å². The average molecular weight is 269 g/mol. The van der Waals surface area contributed by atoms with Gasteiger partial charge in [0.1, 0.15) is 12.1 Å². The molecule has 20 heavy (non-hydrogen) atoms. The lowest BCUT2D eigenvalue weighted by Crippen LogP contribution is -2.03. The Morgan fingerprint density at radius 3 is 2.25 bits per heavy atom. The molecule has 0 saturated carbocycles. The highest BCUT2D eigenvalue weighted by atomic mass is 16.3.